The lowest BCUT2D eigenvalue weighted by Crippen LogP contribution is -2.39. The van der Waals surface area contributed by atoms with E-state index in [1.54, 1.807) is 7.11 Å². The van der Waals surface area contributed by atoms with Gasteiger partial charge in [0, 0.05) is 32.9 Å². The average Bonchev–Trinajstić information content (AvgIpc) is 3.53. The van der Waals surface area contributed by atoms with Crippen LogP contribution in [-0.4, -0.2) is 116 Å². The van der Waals surface area contributed by atoms with Crippen LogP contribution in [0.5, 0.6) is 0 Å². The van der Waals surface area contributed by atoms with E-state index >= 15 is 0 Å². The number of hydrogen-bond acceptors (Lipinski definition) is 8. The van der Waals surface area contributed by atoms with Crippen LogP contribution >= 0.6 is 0 Å². The van der Waals surface area contributed by atoms with Gasteiger partial charge in [0.25, 0.3) is 0 Å². The molecule has 0 aromatic heterocycles. The Hall–Kier alpha value is -2.53. The van der Waals surface area contributed by atoms with E-state index in [-0.39, 0.29) is 11.9 Å². The highest BCUT2D eigenvalue weighted by molar-refractivity contribution is 5.79. The van der Waals surface area contributed by atoms with Gasteiger partial charge >= 0.3 is 0 Å². The van der Waals surface area contributed by atoms with Crippen LogP contribution in [0.3, 0.4) is 0 Å². The van der Waals surface area contributed by atoms with E-state index in [0.717, 1.165) is 36.4 Å². The quantitative estimate of drug-likeness (QED) is 0.201. The minimum absolute atomic E-state index is 0.00848. The van der Waals surface area contributed by atoms with Crippen molar-refractivity contribution in [3.8, 4) is 0 Å². The number of likely N-dealkylation sites (tertiary alicyclic amines) is 1. The molecule has 2 aromatic rings. The summed E-state index contributed by atoms with van der Waals surface area (Å²) in [6.45, 7) is 13.0. The third-order valence-corrected chi connectivity index (χ3v) is 7.84. The molecule has 1 atom stereocenters. The summed E-state index contributed by atoms with van der Waals surface area (Å²) in [7, 11) is 3.60. The summed E-state index contributed by atoms with van der Waals surface area (Å²) in [5.41, 5.74) is 5.73. The number of ether oxygens (including phenoxy) is 5. The number of benzene rings is 2. The monoisotopic (exact) mass is 599 g/mol. The Morgan fingerprint density at radius 1 is 0.814 bits per heavy atom. The molecular formula is C34H53N3O6. The summed E-state index contributed by atoms with van der Waals surface area (Å²) in [6, 6.07) is 14.8. The first-order valence-electron chi connectivity index (χ1n) is 15.7. The Morgan fingerprint density at radius 3 is 1.98 bits per heavy atom. The predicted octanol–water partition coefficient (Wildman–Crippen LogP) is 4.27. The van der Waals surface area contributed by atoms with Gasteiger partial charge in [-0.2, -0.15) is 0 Å². The highest BCUT2D eigenvalue weighted by Crippen LogP contribution is 2.25. The van der Waals surface area contributed by atoms with Crippen molar-refractivity contribution >= 4 is 11.6 Å². The summed E-state index contributed by atoms with van der Waals surface area (Å²) in [5, 5.41) is 3.43. The number of amides is 1. The SMILES string of the molecule is COCCOCCOCCOCCOCCNc1ccc([C@@H](CN2CCCC2)N(C)C(=O)Cc2ccc(C)c(C)c2)cc1. The number of hydrogen-bond donors (Lipinski definition) is 1. The highest BCUT2D eigenvalue weighted by Gasteiger charge is 2.25. The minimum Gasteiger partial charge on any atom is -0.383 e. The van der Waals surface area contributed by atoms with E-state index in [9.17, 15) is 4.79 Å². The second kappa shape index (κ2) is 20.4. The van der Waals surface area contributed by atoms with Crippen LogP contribution in [-0.2, 0) is 34.9 Å². The van der Waals surface area contributed by atoms with Crippen molar-refractivity contribution in [1.29, 1.82) is 0 Å². The van der Waals surface area contributed by atoms with Crippen molar-refractivity contribution in [1.82, 2.24) is 9.80 Å². The van der Waals surface area contributed by atoms with Gasteiger partial charge in [-0.3, -0.25) is 4.79 Å². The van der Waals surface area contributed by atoms with Crippen LogP contribution in [0.4, 0.5) is 5.69 Å². The molecule has 0 unspecified atom stereocenters. The van der Waals surface area contributed by atoms with E-state index in [4.69, 9.17) is 23.7 Å². The molecule has 0 saturated carbocycles. The van der Waals surface area contributed by atoms with Gasteiger partial charge in [-0.25, -0.2) is 0 Å². The van der Waals surface area contributed by atoms with Crippen LogP contribution in [0.2, 0.25) is 0 Å². The van der Waals surface area contributed by atoms with Gasteiger partial charge in [0.15, 0.2) is 0 Å². The van der Waals surface area contributed by atoms with E-state index in [0.29, 0.717) is 72.4 Å². The number of methoxy groups -OCH3 is 1. The van der Waals surface area contributed by atoms with Gasteiger partial charge in [0.1, 0.15) is 0 Å². The van der Waals surface area contributed by atoms with Crippen LogP contribution in [0, 0.1) is 13.8 Å². The van der Waals surface area contributed by atoms with E-state index in [2.05, 4.69) is 66.5 Å². The van der Waals surface area contributed by atoms with Crippen molar-refractivity contribution in [2.45, 2.75) is 39.2 Å². The molecule has 2 aromatic carbocycles. The first-order valence-corrected chi connectivity index (χ1v) is 15.7. The zero-order valence-electron chi connectivity index (χ0n) is 26.8. The first-order chi connectivity index (χ1) is 21.0. The van der Waals surface area contributed by atoms with Gasteiger partial charge in [-0.05, 0) is 74.2 Å². The lowest BCUT2D eigenvalue weighted by molar-refractivity contribution is -0.131. The number of aryl methyl sites for hydroxylation is 2. The maximum Gasteiger partial charge on any atom is 0.227 e. The van der Waals surface area contributed by atoms with Gasteiger partial charge in [0.2, 0.25) is 5.91 Å². The van der Waals surface area contributed by atoms with Gasteiger partial charge in [-0.1, -0.05) is 30.3 Å². The maximum absolute atomic E-state index is 13.4. The normalized spacial score (nSPS) is 14.2. The standard InChI is InChI=1S/C34H53N3O6/c1-28-7-8-30(25-29(28)2)26-34(38)36(3)33(27-37-14-5-6-15-37)31-9-11-32(12-10-31)35-13-16-40-19-20-42-23-24-43-22-21-41-18-17-39-4/h7-12,25,33,35H,5-6,13-24,26-27H2,1-4H3/t33-/m1/s1. The van der Waals surface area contributed by atoms with Gasteiger partial charge in [0.05, 0.1) is 71.9 Å². The molecule has 9 nitrogen and oxygen atoms in total. The number of carbonyl (C=O) groups excluding carboxylic acids is 1. The molecule has 3 rings (SSSR count). The van der Waals surface area contributed by atoms with Crippen LogP contribution in [0.25, 0.3) is 0 Å². The molecule has 1 N–H and O–H groups in total. The lowest BCUT2D eigenvalue weighted by atomic mass is 10.0. The molecule has 9 heteroatoms. The molecule has 0 radical (unpaired) electrons. The fraction of sp³-hybridized carbons (Fsp3) is 0.618. The second-order valence-corrected chi connectivity index (χ2v) is 11.1. The molecule has 0 aliphatic carbocycles. The molecule has 1 aliphatic heterocycles. The Morgan fingerprint density at radius 2 is 1.40 bits per heavy atom. The Balaban J connectivity index is 1.36. The van der Waals surface area contributed by atoms with E-state index in [1.165, 1.54) is 24.0 Å². The third kappa shape index (κ3) is 13.3. The van der Waals surface area contributed by atoms with Crippen molar-refractivity contribution in [3.05, 3.63) is 64.7 Å². The number of carbonyl (C=O) groups is 1. The number of likely N-dealkylation sites (N-methyl/N-ethyl adjacent to an activating group) is 1. The van der Waals surface area contributed by atoms with Crippen LogP contribution in [0.15, 0.2) is 42.5 Å². The maximum atomic E-state index is 13.4. The largest absolute Gasteiger partial charge is 0.383 e. The zero-order chi connectivity index (χ0) is 30.7. The van der Waals surface area contributed by atoms with Crippen molar-refractivity contribution < 1.29 is 28.5 Å². The summed E-state index contributed by atoms with van der Waals surface area (Å²) >= 11 is 0. The zero-order valence-corrected chi connectivity index (χ0v) is 26.8. The molecule has 0 bridgehead atoms. The fourth-order valence-electron chi connectivity index (χ4n) is 5.04. The smallest absolute Gasteiger partial charge is 0.227 e. The Bertz CT molecular complexity index is 1040. The summed E-state index contributed by atoms with van der Waals surface area (Å²) in [6.07, 6.45) is 2.87. The van der Waals surface area contributed by atoms with Crippen LogP contribution in [0.1, 0.15) is 41.1 Å². The summed E-state index contributed by atoms with van der Waals surface area (Å²) in [4.78, 5) is 17.8. The molecule has 1 fully saturated rings. The van der Waals surface area contributed by atoms with E-state index in [1.807, 2.05) is 11.9 Å². The number of anilines is 1. The number of rotatable bonds is 22. The predicted molar refractivity (Wildman–Crippen MR) is 171 cm³/mol. The summed E-state index contributed by atoms with van der Waals surface area (Å²) in [5.74, 6) is 0.145. The average molecular weight is 600 g/mol. The molecule has 240 valence electrons. The molecule has 1 saturated heterocycles. The molecule has 0 spiro atoms. The van der Waals surface area contributed by atoms with Crippen molar-refractivity contribution in [2.75, 3.05) is 105 Å². The second-order valence-electron chi connectivity index (χ2n) is 11.1. The van der Waals surface area contributed by atoms with Crippen molar-refractivity contribution in [3.63, 3.8) is 0 Å². The van der Waals surface area contributed by atoms with E-state index < -0.39 is 0 Å². The van der Waals surface area contributed by atoms with Crippen LogP contribution < -0.4 is 5.32 Å². The first kappa shape index (κ1) is 35.0. The van der Waals surface area contributed by atoms with Gasteiger partial charge in [-0.15, -0.1) is 0 Å². The minimum atomic E-state index is 0.00848. The number of nitrogens with zero attached hydrogens (tertiary/aromatic N) is 2. The lowest BCUT2D eigenvalue weighted by Gasteiger charge is -2.32. The van der Waals surface area contributed by atoms with Crippen molar-refractivity contribution in [2.24, 2.45) is 0 Å². The summed E-state index contributed by atoms with van der Waals surface area (Å²) < 4.78 is 26.9. The highest BCUT2D eigenvalue weighted by atomic mass is 16.6. The molecule has 1 aliphatic rings. The molecule has 43 heavy (non-hydrogen) atoms. The molecular weight excluding hydrogens is 546 g/mol. The number of nitrogens with one attached hydrogen (secondary N) is 1. The third-order valence-electron chi connectivity index (χ3n) is 7.84. The fourth-order valence-corrected chi connectivity index (χ4v) is 5.04. The molecule has 1 heterocycles. The van der Waals surface area contributed by atoms with Gasteiger partial charge < -0.3 is 38.8 Å². The topological polar surface area (TPSA) is 81.7 Å². The molecule has 1 amide bonds. The Labute approximate surface area is 258 Å². The Kier molecular flexibility index (Phi) is 16.6.